The number of nitrogens with one attached hydrogen (secondary N) is 1. The van der Waals surface area contributed by atoms with Crippen molar-refractivity contribution in [3.8, 4) is 16.9 Å². The summed E-state index contributed by atoms with van der Waals surface area (Å²) in [4.78, 5) is 13.4. The van der Waals surface area contributed by atoms with Gasteiger partial charge in [-0.3, -0.25) is 4.79 Å². The highest BCUT2D eigenvalue weighted by Gasteiger charge is 2.33. The van der Waals surface area contributed by atoms with Crippen molar-refractivity contribution in [3.63, 3.8) is 0 Å². The number of aromatic hydroxyl groups is 1. The van der Waals surface area contributed by atoms with Crippen LogP contribution in [0.25, 0.3) is 11.1 Å². The molecule has 1 heterocycles. The third-order valence-electron chi connectivity index (χ3n) is 2.53. The fourth-order valence-electron chi connectivity index (χ4n) is 1.63. The first-order valence-corrected chi connectivity index (χ1v) is 5.94. The molecule has 0 unspecified atom stereocenters. The van der Waals surface area contributed by atoms with Crippen molar-refractivity contribution in [2.75, 3.05) is 0 Å². The quantitative estimate of drug-likeness (QED) is 0.831. The second-order valence-electron chi connectivity index (χ2n) is 3.90. The highest BCUT2D eigenvalue weighted by molar-refractivity contribution is 6.42. The average Bonchev–Trinajstić information content (AvgIpc) is 2.31. The van der Waals surface area contributed by atoms with Gasteiger partial charge in [0.2, 0.25) is 0 Å². The molecule has 0 aliphatic heterocycles. The van der Waals surface area contributed by atoms with Gasteiger partial charge in [0.15, 0.2) is 0 Å². The standard InChI is InChI=1S/C12H6Cl2F3NO2/c13-6-2-1-5(3-7(6)14)10-8(19)4-9(12(15,16)17)18-11(10)20/h1-4H,(H2,18,19,20). The first-order valence-electron chi connectivity index (χ1n) is 5.19. The SMILES string of the molecule is O=c1[nH]c(C(F)(F)F)cc(O)c1-c1ccc(Cl)c(Cl)c1. The lowest BCUT2D eigenvalue weighted by Gasteiger charge is -2.10. The molecule has 1 aromatic carbocycles. The minimum Gasteiger partial charge on any atom is -0.507 e. The molecule has 0 saturated heterocycles. The maximum atomic E-state index is 12.5. The maximum absolute atomic E-state index is 12.5. The van der Waals surface area contributed by atoms with E-state index in [-0.39, 0.29) is 21.2 Å². The number of benzene rings is 1. The summed E-state index contributed by atoms with van der Waals surface area (Å²) in [7, 11) is 0. The summed E-state index contributed by atoms with van der Waals surface area (Å²) in [5.74, 6) is -0.792. The van der Waals surface area contributed by atoms with E-state index in [0.29, 0.717) is 6.07 Å². The van der Waals surface area contributed by atoms with Crippen molar-refractivity contribution >= 4 is 23.2 Å². The number of pyridine rings is 1. The third kappa shape index (κ3) is 2.76. The zero-order valence-corrected chi connectivity index (χ0v) is 11.1. The van der Waals surface area contributed by atoms with Gasteiger partial charge in [-0.15, -0.1) is 0 Å². The van der Waals surface area contributed by atoms with Crippen LogP contribution >= 0.6 is 23.2 Å². The molecule has 0 atom stereocenters. The Balaban J connectivity index is 2.64. The average molecular weight is 324 g/mol. The number of aromatic amines is 1. The van der Waals surface area contributed by atoms with Crippen LogP contribution in [0.15, 0.2) is 29.1 Å². The Morgan fingerprint density at radius 2 is 1.75 bits per heavy atom. The Morgan fingerprint density at radius 1 is 1.10 bits per heavy atom. The van der Waals surface area contributed by atoms with E-state index in [2.05, 4.69) is 0 Å². The van der Waals surface area contributed by atoms with Crippen LogP contribution in [0, 0.1) is 0 Å². The molecule has 0 bridgehead atoms. The highest BCUT2D eigenvalue weighted by atomic mass is 35.5. The predicted octanol–water partition coefficient (Wildman–Crippen LogP) is 4.07. The van der Waals surface area contributed by atoms with Gasteiger partial charge in [0.25, 0.3) is 5.56 Å². The highest BCUT2D eigenvalue weighted by Crippen LogP contribution is 2.34. The molecular formula is C12H6Cl2F3NO2. The number of H-pyrrole nitrogens is 1. The number of rotatable bonds is 1. The Hall–Kier alpha value is -1.66. The van der Waals surface area contributed by atoms with Crippen molar-refractivity contribution in [3.05, 3.63) is 50.4 Å². The van der Waals surface area contributed by atoms with E-state index in [9.17, 15) is 23.1 Å². The summed E-state index contributed by atoms with van der Waals surface area (Å²) < 4.78 is 37.4. The third-order valence-corrected chi connectivity index (χ3v) is 3.27. The van der Waals surface area contributed by atoms with Gasteiger partial charge in [0, 0.05) is 6.07 Å². The van der Waals surface area contributed by atoms with E-state index in [1.54, 1.807) is 4.98 Å². The van der Waals surface area contributed by atoms with Gasteiger partial charge in [-0.25, -0.2) is 0 Å². The van der Waals surface area contributed by atoms with Gasteiger partial charge in [-0.1, -0.05) is 29.3 Å². The molecule has 3 nitrogen and oxygen atoms in total. The van der Waals surface area contributed by atoms with Crippen LogP contribution in [-0.4, -0.2) is 10.1 Å². The van der Waals surface area contributed by atoms with Crippen LogP contribution in [-0.2, 0) is 6.18 Å². The van der Waals surface area contributed by atoms with Crippen LogP contribution in [0.1, 0.15) is 5.69 Å². The van der Waals surface area contributed by atoms with Crippen molar-refractivity contribution in [1.29, 1.82) is 0 Å². The summed E-state index contributed by atoms with van der Waals surface area (Å²) in [5, 5.41) is 9.99. The first kappa shape index (κ1) is 14.7. The molecule has 0 fully saturated rings. The van der Waals surface area contributed by atoms with Crippen molar-refractivity contribution in [1.82, 2.24) is 4.98 Å². The van der Waals surface area contributed by atoms with Gasteiger partial charge in [0.1, 0.15) is 11.4 Å². The second-order valence-corrected chi connectivity index (χ2v) is 4.71. The van der Waals surface area contributed by atoms with Crippen molar-refractivity contribution in [2.45, 2.75) is 6.18 Å². The van der Waals surface area contributed by atoms with Gasteiger partial charge in [-0.05, 0) is 17.7 Å². The van der Waals surface area contributed by atoms with Crippen LogP contribution in [0.4, 0.5) is 13.2 Å². The predicted molar refractivity (Wildman–Crippen MR) is 69.2 cm³/mol. The number of alkyl halides is 3. The van der Waals surface area contributed by atoms with E-state index < -0.39 is 23.2 Å². The molecular weight excluding hydrogens is 318 g/mol. The molecule has 0 aliphatic carbocycles. The molecule has 106 valence electrons. The fraction of sp³-hybridized carbons (Fsp3) is 0.0833. The zero-order chi connectivity index (χ0) is 15.1. The smallest absolute Gasteiger partial charge is 0.431 e. The molecule has 0 aliphatic rings. The van der Waals surface area contributed by atoms with E-state index in [1.165, 1.54) is 18.2 Å². The Morgan fingerprint density at radius 3 is 2.25 bits per heavy atom. The van der Waals surface area contributed by atoms with Gasteiger partial charge in [0.05, 0.1) is 15.6 Å². The zero-order valence-electron chi connectivity index (χ0n) is 9.55. The van der Waals surface area contributed by atoms with Crippen LogP contribution < -0.4 is 5.56 Å². The summed E-state index contributed by atoms with van der Waals surface area (Å²) in [5.41, 5.74) is -2.55. The molecule has 2 N–H and O–H groups in total. The molecule has 2 rings (SSSR count). The largest absolute Gasteiger partial charge is 0.507 e. The molecule has 0 saturated carbocycles. The van der Waals surface area contributed by atoms with Gasteiger partial charge < -0.3 is 10.1 Å². The second kappa shape index (κ2) is 5.03. The summed E-state index contributed by atoms with van der Waals surface area (Å²) in [6.45, 7) is 0. The monoisotopic (exact) mass is 323 g/mol. The molecule has 20 heavy (non-hydrogen) atoms. The molecule has 0 spiro atoms. The minimum atomic E-state index is -4.76. The Bertz CT molecular complexity index is 726. The fourth-order valence-corrected chi connectivity index (χ4v) is 1.93. The number of halogens is 5. The summed E-state index contributed by atoms with van der Waals surface area (Å²) in [6.07, 6.45) is -4.76. The minimum absolute atomic E-state index is 0.114. The first-order chi connectivity index (χ1) is 9.20. The van der Waals surface area contributed by atoms with E-state index in [0.717, 1.165) is 0 Å². The topological polar surface area (TPSA) is 53.1 Å². The van der Waals surface area contributed by atoms with Crippen LogP contribution in [0.5, 0.6) is 5.75 Å². The maximum Gasteiger partial charge on any atom is 0.431 e. The molecule has 0 amide bonds. The van der Waals surface area contributed by atoms with Crippen molar-refractivity contribution in [2.24, 2.45) is 0 Å². The van der Waals surface area contributed by atoms with Crippen molar-refractivity contribution < 1.29 is 18.3 Å². The Labute approximate surface area is 120 Å². The normalized spacial score (nSPS) is 11.7. The van der Waals surface area contributed by atoms with Gasteiger partial charge >= 0.3 is 6.18 Å². The molecule has 0 radical (unpaired) electrons. The number of aromatic nitrogens is 1. The lowest BCUT2D eigenvalue weighted by Crippen LogP contribution is -2.17. The molecule has 1 aromatic heterocycles. The van der Waals surface area contributed by atoms with Crippen LogP contribution in [0.2, 0.25) is 10.0 Å². The lowest BCUT2D eigenvalue weighted by molar-refractivity contribution is -0.141. The summed E-state index contributed by atoms with van der Waals surface area (Å²) in [6, 6.07) is 4.46. The Kier molecular flexibility index (Phi) is 3.71. The summed E-state index contributed by atoms with van der Waals surface area (Å²) >= 11 is 11.5. The molecule has 8 heteroatoms. The number of hydrogen-bond acceptors (Lipinski definition) is 2. The van der Waals surface area contributed by atoms with E-state index in [1.807, 2.05) is 0 Å². The van der Waals surface area contributed by atoms with E-state index in [4.69, 9.17) is 23.2 Å². The van der Waals surface area contributed by atoms with E-state index >= 15 is 0 Å². The number of hydrogen-bond donors (Lipinski definition) is 2. The van der Waals surface area contributed by atoms with Crippen LogP contribution in [0.3, 0.4) is 0 Å². The lowest BCUT2D eigenvalue weighted by atomic mass is 10.1. The molecule has 2 aromatic rings. The van der Waals surface area contributed by atoms with Gasteiger partial charge in [-0.2, -0.15) is 13.2 Å².